The van der Waals surface area contributed by atoms with E-state index < -0.39 is 12.0 Å². The minimum Gasteiger partial charge on any atom is -0.480 e. The fraction of sp³-hybridized carbons (Fsp3) is 0.231. The van der Waals surface area contributed by atoms with E-state index >= 15 is 0 Å². The number of carbonyl (C=O) groups is 2. The third-order valence-electron chi connectivity index (χ3n) is 2.69. The molecular weight excluding hydrogens is 232 g/mol. The van der Waals surface area contributed by atoms with Gasteiger partial charge in [0.25, 0.3) is 0 Å². The summed E-state index contributed by atoms with van der Waals surface area (Å²) < 4.78 is 0. The number of benzene rings is 1. The summed E-state index contributed by atoms with van der Waals surface area (Å²) in [5.41, 5.74) is 1.75. The van der Waals surface area contributed by atoms with Crippen LogP contribution in [0.2, 0.25) is 0 Å². The number of hydrogen-bond acceptors (Lipinski definition) is 2. The summed E-state index contributed by atoms with van der Waals surface area (Å²) in [4.78, 5) is 25.1. The first-order valence-electron chi connectivity index (χ1n) is 5.63. The molecule has 0 aliphatic rings. The van der Waals surface area contributed by atoms with Crippen molar-refractivity contribution in [3.05, 3.63) is 36.0 Å². The maximum atomic E-state index is 11.0. The fourth-order valence-corrected chi connectivity index (χ4v) is 1.91. The quantitative estimate of drug-likeness (QED) is 0.760. The highest BCUT2D eigenvalue weighted by molar-refractivity contribution is 5.83. The third-order valence-corrected chi connectivity index (χ3v) is 2.69. The molecule has 0 bridgehead atoms. The van der Waals surface area contributed by atoms with Crippen molar-refractivity contribution in [2.75, 3.05) is 0 Å². The van der Waals surface area contributed by atoms with Crippen LogP contribution in [0.5, 0.6) is 0 Å². The molecule has 1 aromatic heterocycles. The van der Waals surface area contributed by atoms with Crippen LogP contribution in [0.4, 0.5) is 0 Å². The largest absolute Gasteiger partial charge is 0.480 e. The summed E-state index contributed by atoms with van der Waals surface area (Å²) in [6.45, 7) is 1.31. The van der Waals surface area contributed by atoms with Crippen LogP contribution in [0.15, 0.2) is 30.3 Å². The zero-order valence-corrected chi connectivity index (χ0v) is 9.93. The van der Waals surface area contributed by atoms with Gasteiger partial charge in [0.15, 0.2) is 0 Å². The lowest BCUT2D eigenvalue weighted by molar-refractivity contribution is -0.141. The van der Waals surface area contributed by atoms with Gasteiger partial charge < -0.3 is 15.4 Å². The average molecular weight is 246 g/mol. The monoisotopic (exact) mass is 246 g/mol. The van der Waals surface area contributed by atoms with Crippen LogP contribution in [0, 0.1) is 0 Å². The minimum absolute atomic E-state index is 0.240. The van der Waals surface area contributed by atoms with E-state index in [0.29, 0.717) is 0 Å². The van der Waals surface area contributed by atoms with Crippen molar-refractivity contribution in [1.29, 1.82) is 0 Å². The molecule has 2 rings (SSSR count). The highest BCUT2D eigenvalue weighted by Gasteiger charge is 2.19. The lowest BCUT2D eigenvalue weighted by Crippen LogP contribution is -2.41. The lowest BCUT2D eigenvalue weighted by Gasteiger charge is -2.11. The number of carbonyl (C=O) groups excluding carboxylic acids is 1. The number of fused-ring (bicyclic) bond motifs is 1. The van der Waals surface area contributed by atoms with E-state index in [2.05, 4.69) is 10.3 Å². The summed E-state index contributed by atoms with van der Waals surface area (Å²) >= 11 is 0. The number of aliphatic carboxylic acids is 1. The van der Waals surface area contributed by atoms with Crippen LogP contribution in [0.25, 0.3) is 10.9 Å². The first-order chi connectivity index (χ1) is 8.56. The molecule has 0 radical (unpaired) electrons. The molecular formula is C13H14N2O3. The second kappa shape index (κ2) is 4.91. The Balaban J connectivity index is 2.20. The second-order valence-corrected chi connectivity index (χ2v) is 4.18. The van der Waals surface area contributed by atoms with Crippen LogP contribution in [0.3, 0.4) is 0 Å². The predicted molar refractivity (Wildman–Crippen MR) is 67.2 cm³/mol. The van der Waals surface area contributed by atoms with Crippen molar-refractivity contribution >= 4 is 22.8 Å². The Hall–Kier alpha value is -2.30. The van der Waals surface area contributed by atoms with E-state index in [4.69, 9.17) is 5.11 Å². The predicted octanol–water partition coefficient (Wildman–Crippen LogP) is 1.30. The maximum Gasteiger partial charge on any atom is 0.326 e. The van der Waals surface area contributed by atoms with E-state index in [-0.39, 0.29) is 12.3 Å². The van der Waals surface area contributed by atoms with E-state index in [9.17, 15) is 9.59 Å². The van der Waals surface area contributed by atoms with Crippen molar-refractivity contribution in [1.82, 2.24) is 10.3 Å². The van der Waals surface area contributed by atoms with Crippen LogP contribution >= 0.6 is 0 Å². The number of carboxylic acids is 1. The molecule has 3 N–H and O–H groups in total. The molecule has 1 heterocycles. The lowest BCUT2D eigenvalue weighted by atomic mass is 10.1. The molecule has 0 unspecified atom stereocenters. The first-order valence-corrected chi connectivity index (χ1v) is 5.63. The summed E-state index contributed by atoms with van der Waals surface area (Å²) in [6.07, 6.45) is 0.240. The first kappa shape index (κ1) is 12.2. The van der Waals surface area contributed by atoms with Gasteiger partial charge in [-0.15, -0.1) is 0 Å². The van der Waals surface area contributed by atoms with Crippen molar-refractivity contribution < 1.29 is 14.7 Å². The SMILES string of the molecule is CC(=O)N[C@@H](Cc1cc2ccccc2[nH]1)C(=O)O. The molecule has 94 valence electrons. The Bertz CT molecular complexity index is 556. The average Bonchev–Trinajstić information content (AvgIpc) is 2.69. The number of para-hydroxylation sites is 1. The van der Waals surface area contributed by atoms with Crippen molar-refractivity contribution in [3.8, 4) is 0 Å². The molecule has 0 fully saturated rings. The second-order valence-electron chi connectivity index (χ2n) is 4.18. The molecule has 0 saturated carbocycles. The molecule has 0 aliphatic carbocycles. The molecule has 1 amide bonds. The van der Waals surface area contributed by atoms with Crippen molar-refractivity contribution in [2.45, 2.75) is 19.4 Å². The van der Waals surface area contributed by atoms with Gasteiger partial charge in [0.1, 0.15) is 6.04 Å². The number of H-pyrrole nitrogens is 1. The highest BCUT2D eigenvalue weighted by Crippen LogP contribution is 2.15. The van der Waals surface area contributed by atoms with Gasteiger partial charge in [-0.3, -0.25) is 4.79 Å². The van der Waals surface area contributed by atoms with Gasteiger partial charge in [-0.05, 0) is 17.5 Å². The Kier molecular flexibility index (Phi) is 3.32. The summed E-state index contributed by atoms with van der Waals surface area (Å²) in [6, 6.07) is 8.69. The molecule has 1 atom stereocenters. The smallest absolute Gasteiger partial charge is 0.326 e. The van der Waals surface area contributed by atoms with Crippen LogP contribution in [-0.2, 0) is 16.0 Å². The molecule has 0 spiro atoms. The van der Waals surface area contributed by atoms with Crippen LogP contribution in [0.1, 0.15) is 12.6 Å². The van der Waals surface area contributed by atoms with E-state index in [0.717, 1.165) is 16.6 Å². The normalized spacial score (nSPS) is 12.3. The van der Waals surface area contributed by atoms with E-state index in [1.807, 2.05) is 30.3 Å². The maximum absolute atomic E-state index is 11.0. The molecule has 5 nitrogen and oxygen atoms in total. The molecule has 5 heteroatoms. The topological polar surface area (TPSA) is 82.2 Å². The minimum atomic E-state index is -1.04. The fourth-order valence-electron chi connectivity index (χ4n) is 1.91. The van der Waals surface area contributed by atoms with Gasteiger partial charge in [-0.2, -0.15) is 0 Å². The Labute approximate surface area is 104 Å². The van der Waals surface area contributed by atoms with Crippen LogP contribution < -0.4 is 5.32 Å². The van der Waals surface area contributed by atoms with Crippen LogP contribution in [-0.4, -0.2) is 28.0 Å². The van der Waals surface area contributed by atoms with Crippen molar-refractivity contribution in [2.24, 2.45) is 0 Å². The number of rotatable bonds is 4. The van der Waals surface area contributed by atoms with Gasteiger partial charge in [0, 0.05) is 24.6 Å². The Morgan fingerprint density at radius 1 is 1.39 bits per heavy atom. The van der Waals surface area contributed by atoms with Crippen molar-refractivity contribution in [3.63, 3.8) is 0 Å². The summed E-state index contributed by atoms with van der Waals surface area (Å²) in [7, 11) is 0. The van der Waals surface area contributed by atoms with Gasteiger partial charge in [0.05, 0.1) is 0 Å². The molecule has 0 aliphatic heterocycles. The number of carboxylic acid groups (broad SMARTS) is 1. The van der Waals surface area contributed by atoms with Gasteiger partial charge in [-0.1, -0.05) is 18.2 Å². The third kappa shape index (κ3) is 2.68. The van der Waals surface area contributed by atoms with Gasteiger partial charge >= 0.3 is 5.97 Å². The molecule has 0 saturated heterocycles. The summed E-state index contributed by atoms with van der Waals surface area (Å²) in [5, 5.41) is 12.5. The highest BCUT2D eigenvalue weighted by atomic mass is 16.4. The molecule has 2 aromatic rings. The van der Waals surface area contributed by atoms with E-state index in [1.54, 1.807) is 0 Å². The van der Waals surface area contributed by atoms with Gasteiger partial charge in [-0.25, -0.2) is 4.79 Å². The number of aromatic amines is 1. The molecule has 1 aromatic carbocycles. The standard InChI is InChI=1S/C13H14N2O3/c1-8(16)14-12(13(17)18)7-10-6-9-4-2-3-5-11(9)15-10/h2-6,12,15H,7H2,1H3,(H,14,16)(H,17,18)/t12-/m0/s1. The summed E-state index contributed by atoms with van der Waals surface area (Å²) in [5.74, 6) is -1.39. The molecule has 18 heavy (non-hydrogen) atoms. The number of nitrogens with one attached hydrogen (secondary N) is 2. The Morgan fingerprint density at radius 2 is 2.11 bits per heavy atom. The zero-order valence-electron chi connectivity index (χ0n) is 9.93. The Morgan fingerprint density at radius 3 is 2.72 bits per heavy atom. The number of hydrogen-bond donors (Lipinski definition) is 3. The number of amides is 1. The van der Waals surface area contributed by atoms with Gasteiger partial charge in [0.2, 0.25) is 5.91 Å². The number of aromatic nitrogens is 1. The van der Waals surface area contributed by atoms with E-state index in [1.165, 1.54) is 6.92 Å². The zero-order chi connectivity index (χ0) is 13.1.